The molecule has 2 amide bonds. The predicted molar refractivity (Wildman–Crippen MR) is 131 cm³/mol. The fourth-order valence-corrected chi connectivity index (χ4v) is 4.38. The Hall–Kier alpha value is -2.67. The van der Waals surface area contributed by atoms with Gasteiger partial charge in [-0.3, -0.25) is 14.3 Å². The Balaban J connectivity index is 1.72. The first-order valence-corrected chi connectivity index (χ1v) is 11.9. The number of nitrogens with one attached hydrogen (secondary N) is 1. The average Bonchev–Trinajstić information content (AvgIpc) is 3.17. The van der Waals surface area contributed by atoms with E-state index in [1.54, 1.807) is 6.92 Å². The van der Waals surface area contributed by atoms with Crippen LogP contribution in [0.1, 0.15) is 74.8 Å². The Morgan fingerprint density at radius 2 is 1.85 bits per heavy atom. The van der Waals surface area contributed by atoms with Crippen LogP contribution in [0.25, 0.3) is 0 Å². The van der Waals surface area contributed by atoms with Crippen LogP contribution in [0.5, 0.6) is 0 Å². The molecule has 1 aliphatic rings. The SMILES string of the molecule is Cc1cccc(Cn2nc(C(C)(C)C)cc2C(=O)NC(C)C2CCN(C(=O)[C@H](C)N)CC2)c1. The van der Waals surface area contributed by atoms with Gasteiger partial charge in [0.1, 0.15) is 5.69 Å². The summed E-state index contributed by atoms with van der Waals surface area (Å²) in [5.41, 5.74) is 9.37. The van der Waals surface area contributed by atoms with Crippen molar-refractivity contribution in [1.82, 2.24) is 20.0 Å². The molecule has 180 valence electrons. The topological polar surface area (TPSA) is 93.2 Å². The Labute approximate surface area is 197 Å². The van der Waals surface area contributed by atoms with Gasteiger partial charge in [0.25, 0.3) is 5.91 Å². The van der Waals surface area contributed by atoms with Crippen LogP contribution in [0.3, 0.4) is 0 Å². The number of aromatic nitrogens is 2. The Morgan fingerprint density at radius 3 is 2.42 bits per heavy atom. The lowest BCUT2D eigenvalue weighted by molar-refractivity contribution is -0.133. The van der Waals surface area contributed by atoms with E-state index in [1.807, 2.05) is 21.7 Å². The smallest absolute Gasteiger partial charge is 0.269 e. The number of hydrogen-bond acceptors (Lipinski definition) is 4. The average molecular weight is 454 g/mol. The molecule has 7 heteroatoms. The van der Waals surface area contributed by atoms with Crippen molar-refractivity contribution in [2.45, 2.75) is 78.4 Å². The van der Waals surface area contributed by atoms with Crippen molar-refractivity contribution in [3.05, 3.63) is 52.8 Å². The maximum Gasteiger partial charge on any atom is 0.269 e. The lowest BCUT2D eigenvalue weighted by Crippen LogP contribution is -2.49. The third-order valence-corrected chi connectivity index (χ3v) is 6.50. The number of aryl methyl sites for hydroxylation is 1. The van der Waals surface area contributed by atoms with E-state index >= 15 is 0 Å². The van der Waals surface area contributed by atoms with Gasteiger partial charge < -0.3 is 16.0 Å². The monoisotopic (exact) mass is 453 g/mol. The van der Waals surface area contributed by atoms with E-state index in [-0.39, 0.29) is 23.3 Å². The fraction of sp³-hybridized carbons (Fsp3) is 0.577. The van der Waals surface area contributed by atoms with Gasteiger partial charge in [-0.15, -0.1) is 0 Å². The van der Waals surface area contributed by atoms with Gasteiger partial charge in [-0.25, -0.2) is 0 Å². The molecule has 1 aliphatic heterocycles. The van der Waals surface area contributed by atoms with Crippen LogP contribution >= 0.6 is 0 Å². The van der Waals surface area contributed by atoms with Gasteiger partial charge in [0.05, 0.1) is 18.3 Å². The van der Waals surface area contributed by atoms with Gasteiger partial charge in [-0.05, 0) is 51.2 Å². The first kappa shape index (κ1) is 25.0. The van der Waals surface area contributed by atoms with E-state index in [4.69, 9.17) is 10.8 Å². The normalized spacial score (nSPS) is 17.0. The van der Waals surface area contributed by atoms with Crippen molar-refractivity contribution in [1.29, 1.82) is 0 Å². The summed E-state index contributed by atoms with van der Waals surface area (Å²) in [5, 5.41) is 8.00. The molecule has 7 nitrogen and oxygen atoms in total. The molecule has 3 N–H and O–H groups in total. The highest BCUT2D eigenvalue weighted by Crippen LogP contribution is 2.24. The molecule has 0 bridgehead atoms. The minimum Gasteiger partial charge on any atom is -0.348 e. The number of rotatable bonds is 6. The third-order valence-electron chi connectivity index (χ3n) is 6.50. The van der Waals surface area contributed by atoms with Crippen molar-refractivity contribution in [2.24, 2.45) is 11.7 Å². The van der Waals surface area contributed by atoms with Gasteiger partial charge in [0, 0.05) is 24.5 Å². The molecule has 1 aromatic carbocycles. The zero-order valence-electron chi connectivity index (χ0n) is 20.9. The molecule has 3 rings (SSSR count). The van der Waals surface area contributed by atoms with Crippen LogP contribution in [0, 0.1) is 12.8 Å². The highest BCUT2D eigenvalue weighted by Gasteiger charge is 2.29. The summed E-state index contributed by atoms with van der Waals surface area (Å²) in [4.78, 5) is 27.3. The van der Waals surface area contributed by atoms with E-state index < -0.39 is 6.04 Å². The number of carbonyl (C=O) groups is 2. The molecule has 1 aromatic heterocycles. The second-order valence-corrected chi connectivity index (χ2v) is 10.5. The quantitative estimate of drug-likeness (QED) is 0.702. The molecule has 2 atom stereocenters. The molecule has 1 fully saturated rings. The molecule has 33 heavy (non-hydrogen) atoms. The number of benzene rings is 1. The number of amides is 2. The highest BCUT2D eigenvalue weighted by molar-refractivity contribution is 5.93. The molecule has 2 heterocycles. The molecule has 0 radical (unpaired) electrons. The zero-order chi connectivity index (χ0) is 24.3. The molecule has 0 saturated carbocycles. The first-order chi connectivity index (χ1) is 15.5. The number of likely N-dealkylation sites (tertiary alicyclic amines) is 1. The fourth-order valence-electron chi connectivity index (χ4n) is 4.38. The summed E-state index contributed by atoms with van der Waals surface area (Å²) in [7, 11) is 0. The number of nitrogens with zero attached hydrogens (tertiary/aromatic N) is 3. The molecule has 0 aliphatic carbocycles. The van der Waals surface area contributed by atoms with E-state index in [0.717, 1.165) is 24.1 Å². The van der Waals surface area contributed by atoms with Gasteiger partial charge in [0.15, 0.2) is 0 Å². The molecule has 1 saturated heterocycles. The summed E-state index contributed by atoms with van der Waals surface area (Å²) >= 11 is 0. The lowest BCUT2D eigenvalue weighted by atomic mass is 9.90. The summed E-state index contributed by atoms with van der Waals surface area (Å²) in [6, 6.07) is 9.74. The van der Waals surface area contributed by atoms with Crippen molar-refractivity contribution in [3.63, 3.8) is 0 Å². The maximum absolute atomic E-state index is 13.3. The van der Waals surface area contributed by atoms with E-state index in [2.05, 4.69) is 58.1 Å². The van der Waals surface area contributed by atoms with E-state index in [9.17, 15) is 9.59 Å². The molecular formula is C26H39N5O2. The van der Waals surface area contributed by atoms with Crippen molar-refractivity contribution in [2.75, 3.05) is 13.1 Å². The van der Waals surface area contributed by atoms with Crippen molar-refractivity contribution in [3.8, 4) is 0 Å². The largest absolute Gasteiger partial charge is 0.348 e. The maximum atomic E-state index is 13.3. The second-order valence-electron chi connectivity index (χ2n) is 10.5. The second kappa shape index (κ2) is 10.1. The van der Waals surface area contributed by atoms with Crippen molar-refractivity contribution < 1.29 is 9.59 Å². The van der Waals surface area contributed by atoms with Gasteiger partial charge in [0.2, 0.25) is 5.91 Å². The first-order valence-electron chi connectivity index (χ1n) is 11.9. The van der Waals surface area contributed by atoms with Gasteiger partial charge in [-0.1, -0.05) is 50.6 Å². The molecular weight excluding hydrogens is 414 g/mol. The van der Waals surface area contributed by atoms with Crippen LogP contribution in [-0.2, 0) is 16.8 Å². The predicted octanol–water partition coefficient (Wildman–Crippen LogP) is 3.24. The Bertz CT molecular complexity index is 981. The van der Waals surface area contributed by atoms with Crippen LogP contribution in [0.4, 0.5) is 0 Å². The summed E-state index contributed by atoms with van der Waals surface area (Å²) < 4.78 is 1.82. The van der Waals surface area contributed by atoms with Gasteiger partial charge in [-0.2, -0.15) is 5.10 Å². The molecule has 1 unspecified atom stereocenters. The summed E-state index contributed by atoms with van der Waals surface area (Å²) in [6.07, 6.45) is 1.71. The number of piperidine rings is 1. The summed E-state index contributed by atoms with van der Waals surface area (Å²) in [6.45, 7) is 14.1. The van der Waals surface area contributed by atoms with E-state index in [0.29, 0.717) is 31.2 Å². The van der Waals surface area contributed by atoms with Crippen LogP contribution in [0.2, 0.25) is 0 Å². The minimum absolute atomic E-state index is 0.0000937. The Morgan fingerprint density at radius 1 is 1.18 bits per heavy atom. The van der Waals surface area contributed by atoms with Crippen molar-refractivity contribution >= 4 is 11.8 Å². The van der Waals surface area contributed by atoms with Crippen LogP contribution in [-0.4, -0.2) is 51.7 Å². The molecule has 0 spiro atoms. The third kappa shape index (κ3) is 6.22. The highest BCUT2D eigenvalue weighted by atomic mass is 16.2. The molecule has 2 aromatic rings. The number of hydrogen-bond donors (Lipinski definition) is 2. The van der Waals surface area contributed by atoms with Crippen LogP contribution < -0.4 is 11.1 Å². The van der Waals surface area contributed by atoms with Gasteiger partial charge >= 0.3 is 0 Å². The van der Waals surface area contributed by atoms with E-state index in [1.165, 1.54) is 5.56 Å². The standard InChI is InChI=1S/C26H39N5O2/c1-17-8-7-9-20(14-17)16-31-22(15-23(29-31)26(4,5)6)24(32)28-19(3)21-10-12-30(13-11-21)25(33)18(2)27/h7-9,14-15,18-19,21H,10-13,16,27H2,1-6H3,(H,28,32)/t18-,19?/m0/s1. The Kier molecular flexibility index (Phi) is 7.62. The number of nitrogens with two attached hydrogens (primary N) is 1. The minimum atomic E-state index is -0.468. The zero-order valence-corrected chi connectivity index (χ0v) is 20.9. The lowest BCUT2D eigenvalue weighted by Gasteiger charge is -2.35. The summed E-state index contributed by atoms with van der Waals surface area (Å²) in [5.74, 6) is 0.216. The number of carbonyl (C=O) groups excluding carboxylic acids is 2. The van der Waals surface area contributed by atoms with Crippen LogP contribution in [0.15, 0.2) is 30.3 Å².